The highest BCUT2D eigenvalue weighted by molar-refractivity contribution is 7.80. The molecule has 0 heterocycles. The van der Waals surface area contributed by atoms with Gasteiger partial charge in [0.25, 0.3) is 5.17 Å². The Morgan fingerprint density at radius 3 is 2.05 bits per heavy atom. The Labute approximate surface area is 136 Å². The summed E-state index contributed by atoms with van der Waals surface area (Å²) in [7, 11) is 3.70. The lowest BCUT2D eigenvalue weighted by Gasteiger charge is -2.18. The largest absolute Gasteiger partial charge is 0.470 e. The van der Waals surface area contributed by atoms with Crippen molar-refractivity contribution >= 4 is 23.2 Å². The Morgan fingerprint density at radius 1 is 1.05 bits per heavy atom. The standard InChI is InChI=1S/C17H33NO2S/c1-5-6-7-8-9-10-11-12-13-16(15(2)19)14-20-17(21)18(3)4/h16H,5-14H2,1-4H3. The molecule has 0 spiro atoms. The normalized spacial score (nSPS) is 12.0. The molecule has 0 rings (SSSR count). The molecule has 0 fully saturated rings. The summed E-state index contributed by atoms with van der Waals surface area (Å²) in [6.07, 6.45) is 11.2. The monoisotopic (exact) mass is 315 g/mol. The molecule has 4 heteroatoms. The van der Waals surface area contributed by atoms with E-state index in [1.807, 2.05) is 14.1 Å². The fraction of sp³-hybridized carbons (Fsp3) is 0.882. The lowest BCUT2D eigenvalue weighted by Crippen LogP contribution is -2.27. The van der Waals surface area contributed by atoms with Crippen molar-refractivity contribution in [1.82, 2.24) is 4.90 Å². The van der Waals surface area contributed by atoms with Crippen molar-refractivity contribution in [3.63, 3.8) is 0 Å². The molecule has 1 unspecified atom stereocenters. The number of nitrogens with zero attached hydrogens (tertiary/aromatic N) is 1. The van der Waals surface area contributed by atoms with Crippen molar-refractivity contribution in [3.05, 3.63) is 0 Å². The molecular formula is C17H33NO2S. The number of thiocarbonyl (C=S) groups is 1. The van der Waals surface area contributed by atoms with Crippen molar-refractivity contribution in [2.24, 2.45) is 5.92 Å². The molecule has 0 amide bonds. The highest BCUT2D eigenvalue weighted by Crippen LogP contribution is 2.15. The lowest BCUT2D eigenvalue weighted by molar-refractivity contribution is -0.122. The smallest absolute Gasteiger partial charge is 0.258 e. The van der Waals surface area contributed by atoms with Crippen molar-refractivity contribution in [2.75, 3.05) is 20.7 Å². The van der Waals surface area contributed by atoms with E-state index in [0.717, 1.165) is 12.8 Å². The summed E-state index contributed by atoms with van der Waals surface area (Å²) in [5.74, 6) is 0.197. The molecule has 0 aromatic heterocycles. The van der Waals surface area contributed by atoms with Gasteiger partial charge in [-0.3, -0.25) is 4.79 Å². The maximum absolute atomic E-state index is 11.6. The molecule has 3 nitrogen and oxygen atoms in total. The van der Waals surface area contributed by atoms with E-state index in [-0.39, 0.29) is 11.7 Å². The number of rotatable bonds is 12. The lowest BCUT2D eigenvalue weighted by atomic mass is 9.97. The van der Waals surface area contributed by atoms with Gasteiger partial charge in [0.2, 0.25) is 0 Å². The molecule has 124 valence electrons. The highest BCUT2D eigenvalue weighted by Gasteiger charge is 2.15. The first-order valence-electron chi connectivity index (χ1n) is 8.33. The quantitative estimate of drug-likeness (QED) is 0.389. The summed E-state index contributed by atoms with van der Waals surface area (Å²) in [6, 6.07) is 0. The fourth-order valence-electron chi connectivity index (χ4n) is 2.23. The van der Waals surface area contributed by atoms with E-state index >= 15 is 0 Å². The van der Waals surface area contributed by atoms with Crippen LogP contribution in [0.5, 0.6) is 0 Å². The number of ether oxygens (including phenoxy) is 1. The number of hydrogen-bond acceptors (Lipinski definition) is 3. The van der Waals surface area contributed by atoms with Crippen LogP contribution >= 0.6 is 12.2 Å². The van der Waals surface area contributed by atoms with Crippen LogP contribution in [0.25, 0.3) is 0 Å². The third-order valence-electron chi connectivity index (χ3n) is 3.75. The molecule has 0 bridgehead atoms. The Kier molecular flexibility index (Phi) is 12.7. The van der Waals surface area contributed by atoms with Gasteiger partial charge < -0.3 is 9.64 Å². The van der Waals surface area contributed by atoms with Crippen LogP contribution in [-0.4, -0.2) is 36.6 Å². The summed E-state index contributed by atoms with van der Waals surface area (Å²) in [5, 5.41) is 0.456. The van der Waals surface area contributed by atoms with Crippen LogP contribution in [0.1, 0.15) is 71.6 Å². The van der Waals surface area contributed by atoms with Crippen LogP contribution < -0.4 is 0 Å². The topological polar surface area (TPSA) is 29.5 Å². The van der Waals surface area contributed by atoms with Crippen LogP contribution in [0.2, 0.25) is 0 Å². The van der Waals surface area contributed by atoms with Gasteiger partial charge in [0.1, 0.15) is 12.4 Å². The second-order valence-electron chi connectivity index (χ2n) is 6.04. The SMILES string of the molecule is CCCCCCCCCCC(COC(=S)N(C)C)C(C)=O. The number of carbonyl (C=O) groups is 1. The van der Waals surface area contributed by atoms with Crippen molar-refractivity contribution in [1.29, 1.82) is 0 Å². The molecule has 0 aromatic rings. The van der Waals surface area contributed by atoms with Gasteiger partial charge in [-0.25, -0.2) is 0 Å². The van der Waals surface area contributed by atoms with Crippen molar-refractivity contribution in [2.45, 2.75) is 71.6 Å². The molecular weight excluding hydrogens is 282 g/mol. The van der Waals surface area contributed by atoms with Crippen molar-refractivity contribution < 1.29 is 9.53 Å². The number of unbranched alkanes of at least 4 members (excludes halogenated alkanes) is 7. The Balaban J connectivity index is 3.71. The molecule has 1 atom stereocenters. The van der Waals surface area contributed by atoms with Gasteiger partial charge in [0.15, 0.2) is 0 Å². The summed E-state index contributed by atoms with van der Waals surface area (Å²) in [6.45, 7) is 4.31. The predicted octanol–water partition coefficient (Wildman–Crippen LogP) is 4.59. The number of hydrogen-bond donors (Lipinski definition) is 0. The van der Waals surface area contributed by atoms with E-state index in [2.05, 4.69) is 6.92 Å². The summed E-state index contributed by atoms with van der Waals surface area (Å²) < 4.78 is 5.49. The van der Waals surface area contributed by atoms with Crippen molar-refractivity contribution in [3.8, 4) is 0 Å². The Bertz CT molecular complexity index is 293. The maximum atomic E-state index is 11.6. The summed E-state index contributed by atoms with van der Waals surface area (Å²) in [4.78, 5) is 13.4. The third-order valence-corrected chi connectivity index (χ3v) is 4.24. The molecule has 0 saturated carbocycles. The second kappa shape index (κ2) is 13.1. The van der Waals surface area contributed by atoms with E-state index in [9.17, 15) is 4.79 Å². The van der Waals surface area contributed by atoms with Gasteiger partial charge >= 0.3 is 0 Å². The average molecular weight is 316 g/mol. The van der Waals surface area contributed by atoms with Gasteiger partial charge in [0.05, 0.1) is 5.92 Å². The first-order valence-corrected chi connectivity index (χ1v) is 8.74. The molecule has 0 aliphatic carbocycles. The molecule has 0 N–H and O–H groups in total. The van der Waals surface area contributed by atoms with Gasteiger partial charge in [-0.2, -0.15) is 0 Å². The van der Waals surface area contributed by atoms with Crippen LogP contribution in [-0.2, 0) is 9.53 Å². The van der Waals surface area contributed by atoms with Gasteiger partial charge in [-0.1, -0.05) is 58.3 Å². The fourth-order valence-corrected chi connectivity index (χ4v) is 2.30. The summed E-state index contributed by atoms with van der Waals surface area (Å²) in [5.41, 5.74) is 0. The van der Waals surface area contributed by atoms with Crippen LogP contribution in [0.3, 0.4) is 0 Å². The van der Waals surface area contributed by atoms with Gasteiger partial charge in [-0.05, 0) is 25.6 Å². The van der Waals surface area contributed by atoms with Gasteiger partial charge in [-0.15, -0.1) is 0 Å². The molecule has 0 aromatic carbocycles. The number of Topliss-reactive ketones (excluding diaryl/α,β-unsaturated/α-hetero) is 1. The molecule has 0 aliphatic heterocycles. The van der Waals surface area contributed by atoms with Gasteiger partial charge in [0, 0.05) is 14.1 Å². The average Bonchev–Trinajstić information content (AvgIpc) is 2.43. The van der Waals surface area contributed by atoms with Crippen LogP contribution in [0.4, 0.5) is 0 Å². The Morgan fingerprint density at radius 2 is 1.57 bits per heavy atom. The van der Waals surface area contributed by atoms with Crippen LogP contribution in [0, 0.1) is 5.92 Å². The maximum Gasteiger partial charge on any atom is 0.258 e. The third kappa shape index (κ3) is 11.7. The number of carbonyl (C=O) groups excluding carboxylic acids is 1. The number of ketones is 1. The van der Waals surface area contributed by atoms with E-state index in [4.69, 9.17) is 17.0 Å². The minimum atomic E-state index is -0.0111. The predicted molar refractivity (Wildman–Crippen MR) is 93.6 cm³/mol. The molecule has 0 radical (unpaired) electrons. The van der Waals surface area contributed by atoms with E-state index in [1.165, 1.54) is 44.9 Å². The first kappa shape index (κ1) is 20.4. The minimum absolute atomic E-state index is 0.0111. The van der Waals surface area contributed by atoms with E-state index in [0.29, 0.717) is 11.8 Å². The zero-order valence-corrected chi connectivity index (χ0v) is 15.1. The zero-order chi connectivity index (χ0) is 16.1. The zero-order valence-electron chi connectivity index (χ0n) is 14.3. The first-order chi connectivity index (χ1) is 9.99. The molecule has 21 heavy (non-hydrogen) atoms. The highest BCUT2D eigenvalue weighted by atomic mass is 32.1. The Hall–Kier alpha value is -0.640. The van der Waals surface area contributed by atoms with Crippen LogP contribution in [0.15, 0.2) is 0 Å². The second-order valence-corrected chi connectivity index (χ2v) is 6.39. The minimum Gasteiger partial charge on any atom is -0.470 e. The molecule has 0 saturated heterocycles. The van der Waals surface area contributed by atoms with E-state index < -0.39 is 0 Å². The van der Waals surface area contributed by atoms with E-state index in [1.54, 1.807) is 11.8 Å². The molecule has 0 aliphatic rings. The summed E-state index contributed by atoms with van der Waals surface area (Å²) >= 11 is 5.08.